The fraction of sp³-hybridized carbons (Fsp3) is 0.333. The SMILES string of the molecule is CCC[C@H](NC(=O)c1cc(F)cc([N+](=O)[O-])c1)C(=O)O. The molecule has 7 nitrogen and oxygen atoms in total. The van der Waals surface area contributed by atoms with Gasteiger partial charge in [0.15, 0.2) is 0 Å². The molecule has 1 rings (SSSR count). The molecule has 0 heterocycles. The summed E-state index contributed by atoms with van der Waals surface area (Å²) < 4.78 is 13.2. The van der Waals surface area contributed by atoms with E-state index in [1.807, 2.05) is 0 Å². The summed E-state index contributed by atoms with van der Waals surface area (Å²) in [5, 5.41) is 21.7. The molecule has 0 spiro atoms. The van der Waals surface area contributed by atoms with E-state index < -0.39 is 34.3 Å². The van der Waals surface area contributed by atoms with E-state index in [4.69, 9.17) is 5.11 Å². The Labute approximate surface area is 113 Å². The molecule has 2 N–H and O–H groups in total. The molecule has 0 radical (unpaired) electrons. The van der Waals surface area contributed by atoms with Crippen LogP contribution in [0.25, 0.3) is 0 Å². The molecule has 0 fully saturated rings. The number of carboxylic acids is 1. The molecule has 1 aromatic carbocycles. The average Bonchev–Trinajstić information content (AvgIpc) is 2.37. The molecule has 8 heteroatoms. The molecular formula is C12H13FN2O5. The summed E-state index contributed by atoms with van der Waals surface area (Å²) in [5.41, 5.74) is -0.864. The van der Waals surface area contributed by atoms with Gasteiger partial charge in [-0.3, -0.25) is 14.9 Å². The first-order valence-corrected chi connectivity index (χ1v) is 5.83. The molecule has 1 aromatic rings. The first-order valence-electron chi connectivity index (χ1n) is 5.83. The van der Waals surface area contributed by atoms with Crippen LogP contribution in [-0.2, 0) is 4.79 Å². The van der Waals surface area contributed by atoms with E-state index in [1.165, 1.54) is 0 Å². The molecule has 0 saturated carbocycles. The standard InChI is InChI=1S/C12H13FN2O5/c1-2-3-10(12(17)18)14-11(16)7-4-8(13)6-9(5-7)15(19)20/h4-6,10H,2-3H2,1H3,(H,14,16)(H,17,18)/t10-/m0/s1. The minimum atomic E-state index is -1.22. The largest absolute Gasteiger partial charge is 0.480 e. The van der Waals surface area contributed by atoms with Crippen LogP contribution in [-0.4, -0.2) is 27.9 Å². The lowest BCUT2D eigenvalue weighted by molar-refractivity contribution is -0.385. The lowest BCUT2D eigenvalue weighted by Crippen LogP contribution is -2.40. The topological polar surface area (TPSA) is 110 Å². The zero-order chi connectivity index (χ0) is 15.3. The zero-order valence-corrected chi connectivity index (χ0v) is 10.6. The number of nitro groups is 1. The maximum atomic E-state index is 13.2. The van der Waals surface area contributed by atoms with Crippen LogP contribution in [0.2, 0.25) is 0 Å². The van der Waals surface area contributed by atoms with Gasteiger partial charge in [0.1, 0.15) is 11.9 Å². The number of nitrogens with one attached hydrogen (secondary N) is 1. The van der Waals surface area contributed by atoms with Crippen LogP contribution in [0, 0.1) is 15.9 Å². The Morgan fingerprint density at radius 3 is 2.60 bits per heavy atom. The molecule has 0 unspecified atom stereocenters. The first kappa shape index (κ1) is 15.5. The Bertz CT molecular complexity index is 547. The van der Waals surface area contributed by atoms with Gasteiger partial charge in [0.25, 0.3) is 11.6 Å². The molecular weight excluding hydrogens is 271 g/mol. The number of hydrogen-bond donors (Lipinski definition) is 2. The molecule has 0 aromatic heterocycles. The number of hydrogen-bond acceptors (Lipinski definition) is 4. The lowest BCUT2D eigenvalue weighted by Gasteiger charge is -2.13. The highest BCUT2D eigenvalue weighted by molar-refractivity contribution is 5.97. The van der Waals surface area contributed by atoms with Crippen molar-refractivity contribution in [3.63, 3.8) is 0 Å². The summed E-state index contributed by atoms with van der Waals surface area (Å²) in [7, 11) is 0. The van der Waals surface area contributed by atoms with Crippen molar-refractivity contribution in [1.82, 2.24) is 5.32 Å². The van der Waals surface area contributed by atoms with Crippen LogP contribution >= 0.6 is 0 Å². The molecule has 108 valence electrons. The summed E-state index contributed by atoms with van der Waals surface area (Å²) in [5.74, 6) is -3.02. The Kier molecular flexibility index (Phi) is 5.13. The predicted octanol–water partition coefficient (Wildman–Crippen LogP) is 1.72. The Morgan fingerprint density at radius 2 is 2.10 bits per heavy atom. The third-order valence-electron chi connectivity index (χ3n) is 2.54. The van der Waals surface area contributed by atoms with E-state index in [0.29, 0.717) is 12.5 Å². The van der Waals surface area contributed by atoms with E-state index >= 15 is 0 Å². The van der Waals surface area contributed by atoms with Crippen LogP contribution in [0.4, 0.5) is 10.1 Å². The molecule has 1 atom stereocenters. The van der Waals surface area contributed by atoms with Gasteiger partial charge in [-0.2, -0.15) is 0 Å². The summed E-state index contributed by atoms with van der Waals surface area (Å²) >= 11 is 0. The van der Waals surface area contributed by atoms with Gasteiger partial charge >= 0.3 is 5.97 Å². The second-order valence-corrected chi connectivity index (χ2v) is 4.11. The minimum Gasteiger partial charge on any atom is -0.480 e. The molecule has 0 bridgehead atoms. The number of nitro benzene ring substituents is 1. The van der Waals surface area contributed by atoms with E-state index in [9.17, 15) is 24.1 Å². The molecule has 0 aliphatic rings. The maximum Gasteiger partial charge on any atom is 0.326 e. The van der Waals surface area contributed by atoms with E-state index in [1.54, 1.807) is 6.92 Å². The second-order valence-electron chi connectivity index (χ2n) is 4.11. The van der Waals surface area contributed by atoms with E-state index in [2.05, 4.69) is 5.32 Å². The van der Waals surface area contributed by atoms with Crippen LogP contribution in [0.15, 0.2) is 18.2 Å². The third-order valence-corrected chi connectivity index (χ3v) is 2.54. The average molecular weight is 284 g/mol. The lowest BCUT2D eigenvalue weighted by atomic mass is 10.1. The highest BCUT2D eigenvalue weighted by Gasteiger charge is 2.21. The van der Waals surface area contributed by atoms with Gasteiger partial charge < -0.3 is 10.4 Å². The van der Waals surface area contributed by atoms with Crippen molar-refractivity contribution in [3.05, 3.63) is 39.7 Å². The van der Waals surface area contributed by atoms with Gasteiger partial charge in [-0.05, 0) is 12.5 Å². The van der Waals surface area contributed by atoms with Gasteiger partial charge in [0.2, 0.25) is 0 Å². The van der Waals surface area contributed by atoms with Crippen molar-refractivity contribution in [2.24, 2.45) is 0 Å². The number of non-ortho nitro benzene ring substituents is 1. The smallest absolute Gasteiger partial charge is 0.326 e. The van der Waals surface area contributed by atoms with Gasteiger partial charge in [-0.15, -0.1) is 0 Å². The molecule has 20 heavy (non-hydrogen) atoms. The van der Waals surface area contributed by atoms with E-state index in [0.717, 1.165) is 12.1 Å². The number of amides is 1. The van der Waals surface area contributed by atoms with Crippen molar-refractivity contribution >= 4 is 17.6 Å². The fourth-order valence-corrected chi connectivity index (χ4v) is 1.60. The summed E-state index contributed by atoms with van der Waals surface area (Å²) in [6, 6.07) is 1.27. The Balaban J connectivity index is 2.97. The monoisotopic (exact) mass is 284 g/mol. The number of aliphatic carboxylic acids is 1. The van der Waals surface area contributed by atoms with Crippen molar-refractivity contribution in [3.8, 4) is 0 Å². The number of benzene rings is 1. The number of nitrogens with zero attached hydrogens (tertiary/aromatic N) is 1. The highest BCUT2D eigenvalue weighted by atomic mass is 19.1. The summed E-state index contributed by atoms with van der Waals surface area (Å²) in [4.78, 5) is 32.4. The predicted molar refractivity (Wildman–Crippen MR) is 66.9 cm³/mol. The number of carbonyl (C=O) groups is 2. The number of rotatable bonds is 6. The van der Waals surface area contributed by atoms with Crippen molar-refractivity contribution < 1.29 is 24.0 Å². The van der Waals surface area contributed by atoms with Crippen LogP contribution < -0.4 is 5.32 Å². The van der Waals surface area contributed by atoms with E-state index in [-0.39, 0.29) is 12.0 Å². The van der Waals surface area contributed by atoms with Crippen LogP contribution in [0.5, 0.6) is 0 Å². The maximum absolute atomic E-state index is 13.2. The number of carbonyl (C=O) groups excluding carboxylic acids is 1. The summed E-state index contributed by atoms with van der Waals surface area (Å²) in [6.07, 6.45) is 0.735. The van der Waals surface area contributed by atoms with Crippen molar-refractivity contribution in [1.29, 1.82) is 0 Å². The molecule has 0 aliphatic carbocycles. The Morgan fingerprint density at radius 1 is 1.45 bits per heavy atom. The minimum absolute atomic E-state index is 0.207. The van der Waals surface area contributed by atoms with Crippen LogP contribution in [0.3, 0.4) is 0 Å². The van der Waals surface area contributed by atoms with Gasteiger partial charge in [-0.1, -0.05) is 13.3 Å². The molecule has 0 saturated heterocycles. The quantitative estimate of drug-likeness (QED) is 0.610. The van der Waals surface area contributed by atoms with Gasteiger partial charge in [0, 0.05) is 11.6 Å². The first-order chi connectivity index (χ1) is 9.35. The van der Waals surface area contributed by atoms with Gasteiger partial charge in [0.05, 0.1) is 11.0 Å². The zero-order valence-electron chi connectivity index (χ0n) is 10.6. The second kappa shape index (κ2) is 6.60. The van der Waals surface area contributed by atoms with Gasteiger partial charge in [-0.25, -0.2) is 9.18 Å². The molecule has 1 amide bonds. The fourth-order valence-electron chi connectivity index (χ4n) is 1.60. The normalized spacial score (nSPS) is 11.7. The number of carboxylic acid groups (broad SMARTS) is 1. The Hall–Kier alpha value is -2.51. The van der Waals surface area contributed by atoms with Crippen molar-refractivity contribution in [2.45, 2.75) is 25.8 Å². The van der Waals surface area contributed by atoms with Crippen molar-refractivity contribution in [2.75, 3.05) is 0 Å². The number of halogens is 1. The molecule has 0 aliphatic heterocycles. The van der Waals surface area contributed by atoms with Crippen LogP contribution in [0.1, 0.15) is 30.1 Å². The highest BCUT2D eigenvalue weighted by Crippen LogP contribution is 2.16. The third kappa shape index (κ3) is 4.01. The summed E-state index contributed by atoms with van der Waals surface area (Å²) in [6.45, 7) is 1.75.